The summed E-state index contributed by atoms with van der Waals surface area (Å²) in [6.45, 7) is 0.892. The van der Waals surface area contributed by atoms with Gasteiger partial charge in [0.05, 0.1) is 25.8 Å². The van der Waals surface area contributed by atoms with Crippen molar-refractivity contribution in [2.75, 3.05) is 20.2 Å². The lowest BCUT2D eigenvalue weighted by atomic mass is 10.1. The van der Waals surface area contributed by atoms with E-state index in [-0.39, 0.29) is 5.91 Å². The van der Waals surface area contributed by atoms with Crippen LogP contribution in [0.4, 0.5) is 0 Å². The van der Waals surface area contributed by atoms with Gasteiger partial charge in [-0.2, -0.15) is 5.10 Å². The maximum atomic E-state index is 11.6. The van der Waals surface area contributed by atoms with Crippen LogP contribution >= 0.6 is 0 Å². The van der Waals surface area contributed by atoms with E-state index in [1.165, 1.54) is 5.01 Å². The Labute approximate surface area is 99.9 Å². The molecule has 17 heavy (non-hydrogen) atoms. The molecule has 0 fully saturated rings. The van der Waals surface area contributed by atoms with Crippen LogP contribution in [0.25, 0.3) is 0 Å². The maximum Gasteiger partial charge on any atom is 0.248 e. The molecule has 1 heterocycles. The van der Waals surface area contributed by atoms with E-state index in [2.05, 4.69) is 5.10 Å². The van der Waals surface area contributed by atoms with Gasteiger partial charge in [0, 0.05) is 6.54 Å². The lowest BCUT2D eigenvalue weighted by Crippen LogP contribution is -2.26. The molecule has 5 heteroatoms. The highest BCUT2D eigenvalue weighted by Crippen LogP contribution is 2.17. The number of nitrogens with two attached hydrogens (primary N) is 1. The van der Waals surface area contributed by atoms with Crippen LogP contribution in [0.15, 0.2) is 29.4 Å². The summed E-state index contributed by atoms with van der Waals surface area (Å²) >= 11 is 0. The van der Waals surface area contributed by atoms with E-state index >= 15 is 0 Å². The number of hydrogen-bond acceptors (Lipinski definition) is 4. The third kappa shape index (κ3) is 2.45. The Morgan fingerprint density at radius 1 is 1.41 bits per heavy atom. The minimum absolute atomic E-state index is 0.00117. The van der Waals surface area contributed by atoms with Crippen molar-refractivity contribution < 1.29 is 9.53 Å². The Morgan fingerprint density at radius 2 is 2.12 bits per heavy atom. The van der Waals surface area contributed by atoms with Crippen LogP contribution in [0.2, 0.25) is 0 Å². The first-order valence-corrected chi connectivity index (χ1v) is 5.47. The highest BCUT2D eigenvalue weighted by atomic mass is 16.5. The number of benzene rings is 1. The molecule has 1 amide bonds. The van der Waals surface area contributed by atoms with E-state index in [1.807, 2.05) is 24.3 Å². The van der Waals surface area contributed by atoms with Crippen molar-refractivity contribution in [3.63, 3.8) is 0 Å². The predicted octanol–water partition coefficient (Wildman–Crippen LogP) is 0.590. The van der Waals surface area contributed by atoms with Gasteiger partial charge in [0.1, 0.15) is 5.75 Å². The number of methoxy groups -OCH3 is 1. The Morgan fingerprint density at radius 3 is 2.71 bits per heavy atom. The fourth-order valence-corrected chi connectivity index (χ4v) is 1.71. The predicted molar refractivity (Wildman–Crippen MR) is 64.9 cm³/mol. The molecular formula is C12H15N3O2. The number of nitrogens with zero attached hydrogens (tertiary/aromatic N) is 2. The van der Waals surface area contributed by atoms with Crippen LogP contribution in [0.3, 0.4) is 0 Å². The fourth-order valence-electron chi connectivity index (χ4n) is 1.71. The van der Waals surface area contributed by atoms with Crippen molar-refractivity contribution >= 4 is 11.6 Å². The molecule has 2 N–H and O–H groups in total. The number of ether oxygens (including phenoxy) is 1. The van der Waals surface area contributed by atoms with Crippen molar-refractivity contribution in [3.05, 3.63) is 29.8 Å². The average molecular weight is 233 g/mol. The maximum absolute atomic E-state index is 11.6. The number of carbonyl (C=O) groups excluding carboxylic acids is 1. The smallest absolute Gasteiger partial charge is 0.248 e. The first-order valence-electron chi connectivity index (χ1n) is 5.47. The number of rotatable bonds is 4. The van der Waals surface area contributed by atoms with Gasteiger partial charge in [-0.15, -0.1) is 0 Å². The van der Waals surface area contributed by atoms with Crippen molar-refractivity contribution in [2.24, 2.45) is 10.8 Å². The normalized spacial score (nSPS) is 15.1. The van der Waals surface area contributed by atoms with Gasteiger partial charge < -0.3 is 10.5 Å². The number of carbonyl (C=O) groups is 1. The summed E-state index contributed by atoms with van der Waals surface area (Å²) in [5.41, 5.74) is 7.14. The van der Waals surface area contributed by atoms with Crippen LogP contribution in [-0.2, 0) is 4.79 Å². The lowest BCUT2D eigenvalue weighted by molar-refractivity contribution is -0.128. The fraction of sp³-hybridized carbons (Fsp3) is 0.333. The van der Waals surface area contributed by atoms with Crippen LogP contribution in [0.1, 0.15) is 12.0 Å². The second-order valence-corrected chi connectivity index (χ2v) is 3.76. The first kappa shape index (κ1) is 11.6. The number of hydrogen-bond donors (Lipinski definition) is 1. The molecule has 0 bridgehead atoms. The zero-order valence-electron chi connectivity index (χ0n) is 9.72. The molecule has 0 aliphatic carbocycles. The molecule has 0 spiro atoms. The molecular weight excluding hydrogens is 218 g/mol. The SMILES string of the molecule is COc1ccc(C2=NN(CCN)C(=O)C2)cc1. The molecule has 90 valence electrons. The van der Waals surface area contributed by atoms with Crippen LogP contribution in [0, 0.1) is 0 Å². The van der Waals surface area contributed by atoms with Gasteiger partial charge in [0.25, 0.3) is 0 Å². The van der Waals surface area contributed by atoms with Crippen molar-refractivity contribution in [1.29, 1.82) is 0 Å². The van der Waals surface area contributed by atoms with Gasteiger partial charge >= 0.3 is 0 Å². The van der Waals surface area contributed by atoms with Crippen molar-refractivity contribution in [1.82, 2.24) is 5.01 Å². The van der Waals surface area contributed by atoms with Crippen LogP contribution in [-0.4, -0.2) is 36.8 Å². The van der Waals surface area contributed by atoms with E-state index in [0.29, 0.717) is 19.5 Å². The van der Waals surface area contributed by atoms with Crippen molar-refractivity contribution in [2.45, 2.75) is 6.42 Å². The Bertz CT molecular complexity index is 440. The van der Waals surface area contributed by atoms with Gasteiger partial charge in [-0.25, -0.2) is 5.01 Å². The molecule has 0 saturated carbocycles. The Balaban J connectivity index is 2.17. The Kier molecular flexibility index (Phi) is 3.39. The van der Waals surface area contributed by atoms with E-state index in [1.54, 1.807) is 7.11 Å². The summed E-state index contributed by atoms with van der Waals surface area (Å²) in [6.07, 6.45) is 0.340. The molecule has 0 atom stereocenters. The van der Waals surface area contributed by atoms with Gasteiger partial charge in [0.15, 0.2) is 0 Å². The van der Waals surface area contributed by atoms with E-state index in [4.69, 9.17) is 10.5 Å². The number of hydrazone groups is 1. The van der Waals surface area contributed by atoms with Gasteiger partial charge in [-0.1, -0.05) is 0 Å². The monoisotopic (exact) mass is 233 g/mol. The highest BCUT2D eigenvalue weighted by molar-refractivity contribution is 6.13. The largest absolute Gasteiger partial charge is 0.497 e. The zero-order valence-corrected chi connectivity index (χ0v) is 9.72. The summed E-state index contributed by atoms with van der Waals surface area (Å²) in [5.74, 6) is 0.791. The zero-order chi connectivity index (χ0) is 12.3. The molecule has 0 saturated heterocycles. The second kappa shape index (κ2) is 4.97. The molecule has 5 nitrogen and oxygen atoms in total. The Hall–Kier alpha value is -1.88. The molecule has 0 radical (unpaired) electrons. The summed E-state index contributed by atoms with van der Waals surface area (Å²) < 4.78 is 5.08. The minimum atomic E-state index is 0.00117. The first-order chi connectivity index (χ1) is 8.24. The highest BCUT2D eigenvalue weighted by Gasteiger charge is 2.23. The molecule has 0 aromatic heterocycles. The number of amides is 1. The molecule has 1 aromatic carbocycles. The summed E-state index contributed by atoms with van der Waals surface area (Å²) in [5, 5.41) is 5.69. The van der Waals surface area contributed by atoms with E-state index in [0.717, 1.165) is 17.0 Å². The average Bonchev–Trinajstić information content (AvgIpc) is 2.72. The molecule has 1 aliphatic heterocycles. The third-order valence-corrected chi connectivity index (χ3v) is 2.61. The topological polar surface area (TPSA) is 67.9 Å². The molecule has 0 unspecified atom stereocenters. The van der Waals surface area contributed by atoms with Gasteiger partial charge in [-0.3, -0.25) is 4.79 Å². The summed E-state index contributed by atoms with van der Waals surface area (Å²) in [7, 11) is 1.62. The molecule has 1 aliphatic rings. The van der Waals surface area contributed by atoms with Crippen molar-refractivity contribution in [3.8, 4) is 5.75 Å². The quantitative estimate of drug-likeness (QED) is 0.827. The molecule has 2 rings (SSSR count). The third-order valence-electron chi connectivity index (χ3n) is 2.61. The standard InChI is InChI=1S/C12H15N3O2/c1-17-10-4-2-9(3-5-10)11-8-12(16)15(14-11)7-6-13/h2-5H,6-8,13H2,1H3. The molecule has 1 aromatic rings. The lowest BCUT2D eigenvalue weighted by Gasteiger charge is -2.08. The summed E-state index contributed by atoms with van der Waals surface area (Å²) in [4.78, 5) is 11.6. The van der Waals surface area contributed by atoms with Crippen LogP contribution < -0.4 is 10.5 Å². The minimum Gasteiger partial charge on any atom is -0.497 e. The van der Waals surface area contributed by atoms with Crippen LogP contribution in [0.5, 0.6) is 5.75 Å². The summed E-state index contributed by atoms with van der Waals surface area (Å²) in [6, 6.07) is 7.51. The second-order valence-electron chi connectivity index (χ2n) is 3.76. The van der Waals surface area contributed by atoms with Gasteiger partial charge in [0.2, 0.25) is 5.91 Å². The van der Waals surface area contributed by atoms with Gasteiger partial charge in [-0.05, 0) is 29.8 Å². The van der Waals surface area contributed by atoms with E-state index in [9.17, 15) is 4.79 Å². The van der Waals surface area contributed by atoms with E-state index < -0.39 is 0 Å².